The van der Waals surface area contributed by atoms with E-state index in [1.54, 1.807) is 0 Å². The van der Waals surface area contributed by atoms with Gasteiger partial charge in [-0.15, -0.1) is 0 Å². The predicted molar refractivity (Wildman–Crippen MR) is 62.0 cm³/mol. The Hall–Kier alpha value is -1.03. The maximum Gasteiger partial charge on any atom is 0.157 e. The Labute approximate surface area is 94.2 Å². The number of nitrogens with two attached hydrogens (primary N) is 1. The van der Waals surface area contributed by atoms with Gasteiger partial charge >= 0.3 is 0 Å². The van der Waals surface area contributed by atoms with Gasteiger partial charge in [-0.1, -0.05) is 24.4 Å². The van der Waals surface area contributed by atoms with Gasteiger partial charge < -0.3 is 11.1 Å². The fraction of sp³-hybridized carbons (Fsp3) is 0.600. The van der Waals surface area contributed by atoms with Crippen LogP contribution in [0.1, 0.15) is 32.6 Å². The van der Waals surface area contributed by atoms with Gasteiger partial charge in [0, 0.05) is 5.54 Å². The van der Waals surface area contributed by atoms with E-state index >= 15 is 0 Å². The van der Waals surface area contributed by atoms with Gasteiger partial charge in [0.2, 0.25) is 0 Å². The van der Waals surface area contributed by atoms with Crippen LogP contribution in [0, 0.1) is 0 Å². The number of hydrogen-bond acceptors (Lipinski definition) is 4. The van der Waals surface area contributed by atoms with E-state index in [0.29, 0.717) is 16.7 Å². The van der Waals surface area contributed by atoms with Crippen LogP contribution in [0.3, 0.4) is 0 Å². The molecule has 15 heavy (non-hydrogen) atoms. The van der Waals surface area contributed by atoms with E-state index in [-0.39, 0.29) is 5.54 Å². The van der Waals surface area contributed by atoms with Gasteiger partial charge in [0.1, 0.15) is 12.0 Å². The average molecular weight is 227 g/mol. The van der Waals surface area contributed by atoms with Crippen molar-refractivity contribution in [3.05, 3.63) is 11.5 Å². The molecule has 0 saturated heterocycles. The number of nitrogen functional groups attached to an aromatic ring is 1. The minimum atomic E-state index is 0.103. The molecule has 0 radical (unpaired) electrons. The Kier molecular flexibility index (Phi) is 2.69. The largest absolute Gasteiger partial charge is 0.393 e. The first-order valence-electron chi connectivity index (χ1n) is 5.15. The van der Waals surface area contributed by atoms with Crippen LogP contribution in [0.5, 0.6) is 0 Å². The third-order valence-electron chi connectivity index (χ3n) is 2.96. The maximum atomic E-state index is 5.83. The first-order chi connectivity index (χ1) is 7.11. The summed E-state index contributed by atoms with van der Waals surface area (Å²) in [6.45, 7) is 2.19. The molecule has 1 aromatic heterocycles. The van der Waals surface area contributed by atoms with E-state index in [4.69, 9.17) is 17.3 Å². The SMILES string of the molecule is CC1(Nc2ncnc(Cl)c2N)CCCC1. The van der Waals surface area contributed by atoms with Crippen molar-refractivity contribution in [1.29, 1.82) is 0 Å². The molecule has 3 N–H and O–H groups in total. The van der Waals surface area contributed by atoms with Gasteiger partial charge in [0.25, 0.3) is 0 Å². The van der Waals surface area contributed by atoms with Crippen LogP contribution in [0.4, 0.5) is 11.5 Å². The molecule has 2 rings (SSSR count). The molecule has 4 nitrogen and oxygen atoms in total. The van der Waals surface area contributed by atoms with E-state index in [0.717, 1.165) is 12.8 Å². The molecule has 1 aliphatic carbocycles. The summed E-state index contributed by atoms with van der Waals surface area (Å²) in [6, 6.07) is 0. The summed E-state index contributed by atoms with van der Waals surface area (Å²) in [5.74, 6) is 0.652. The Morgan fingerprint density at radius 2 is 2.07 bits per heavy atom. The van der Waals surface area contributed by atoms with Crippen molar-refractivity contribution in [3.63, 3.8) is 0 Å². The maximum absolute atomic E-state index is 5.83. The van der Waals surface area contributed by atoms with Gasteiger partial charge in [0.05, 0.1) is 0 Å². The first kappa shape index (κ1) is 10.5. The third-order valence-corrected chi connectivity index (χ3v) is 3.26. The molecule has 5 heteroatoms. The highest BCUT2D eigenvalue weighted by atomic mass is 35.5. The summed E-state index contributed by atoms with van der Waals surface area (Å²) in [5, 5.41) is 3.68. The summed E-state index contributed by atoms with van der Waals surface area (Å²) in [4.78, 5) is 7.94. The lowest BCUT2D eigenvalue weighted by molar-refractivity contribution is 0.531. The summed E-state index contributed by atoms with van der Waals surface area (Å²) < 4.78 is 0. The molecule has 0 aliphatic heterocycles. The Balaban J connectivity index is 2.20. The number of hydrogen-bond donors (Lipinski definition) is 2. The smallest absolute Gasteiger partial charge is 0.157 e. The highest BCUT2D eigenvalue weighted by molar-refractivity contribution is 6.32. The molecule has 0 spiro atoms. The molecule has 1 saturated carbocycles. The van der Waals surface area contributed by atoms with Gasteiger partial charge in [-0.25, -0.2) is 9.97 Å². The second kappa shape index (κ2) is 3.85. The monoisotopic (exact) mass is 226 g/mol. The van der Waals surface area contributed by atoms with Crippen molar-refractivity contribution < 1.29 is 0 Å². The molecule has 1 aliphatic rings. The van der Waals surface area contributed by atoms with Crippen LogP contribution in [-0.2, 0) is 0 Å². The topological polar surface area (TPSA) is 63.8 Å². The molecule has 1 fully saturated rings. The van der Waals surface area contributed by atoms with E-state index < -0.39 is 0 Å². The first-order valence-corrected chi connectivity index (χ1v) is 5.53. The summed E-state index contributed by atoms with van der Waals surface area (Å²) in [7, 11) is 0. The van der Waals surface area contributed by atoms with Crippen molar-refractivity contribution in [2.45, 2.75) is 38.1 Å². The molecule has 0 amide bonds. The van der Waals surface area contributed by atoms with Gasteiger partial charge in [0.15, 0.2) is 11.0 Å². The Bertz CT molecular complexity index is 360. The van der Waals surface area contributed by atoms with Gasteiger partial charge in [-0.3, -0.25) is 0 Å². The number of halogens is 1. The second-order valence-electron chi connectivity index (χ2n) is 4.32. The van der Waals surface area contributed by atoms with E-state index in [1.807, 2.05) is 0 Å². The van der Waals surface area contributed by atoms with Crippen molar-refractivity contribution in [2.24, 2.45) is 0 Å². The van der Waals surface area contributed by atoms with Crippen LogP contribution in [0.15, 0.2) is 6.33 Å². The molecule has 1 heterocycles. The predicted octanol–water partition coefficient (Wildman–Crippen LogP) is 2.46. The number of anilines is 2. The highest BCUT2D eigenvalue weighted by Gasteiger charge is 2.29. The number of rotatable bonds is 2. The minimum absolute atomic E-state index is 0.103. The molecule has 0 unspecified atom stereocenters. The van der Waals surface area contributed by atoms with E-state index in [1.165, 1.54) is 19.2 Å². The van der Waals surface area contributed by atoms with E-state index in [2.05, 4.69) is 22.2 Å². The van der Waals surface area contributed by atoms with Gasteiger partial charge in [-0.2, -0.15) is 0 Å². The zero-order valence-corrected chi connectivity index (χ0v) is 9.51. The lowest BCUT2D eigenvalue weighted by Gasteiger charge is -2.26. The molecule has 82 valence electrons. The zero-order chi connectivity index (χ0) is 10.9. The van der Waals surface area contributed by atoms with Crippen LogP contribution >= 0.6 is 11.6 Å². The highest BCUT2D eigenvalue weighted by Crippen LogP contribution is 2.34. The number of nitrogens with one attached hydrogen (secondary N) is 1. The lowest BCUT2D eigenvalue weighted by atomic mass is 10.0. The number of nitrogens with zero attached hydrogens (tertiary/aromatic N) is 2. The average Bonchev–Trinajstić information content (AvgIpc) is 2.60. The minimum Gasteiger partial charge on any atom is -0.393 e. The molecular weight excluding hydrogens is 212 g/mol. The van der Waals surface area contributed by atoms with Crippen molar-refractivity contribution in [2.75, 3.05) is 11.1 Å². The van der Waals surface area contributed by atoms with Crippen LogP contribution in [0.2, 0.25) is 5.15 Å². The van der Waals surface area contributed by atoms with Crippen molar-refractivity contribution in [1.82, 2.24) is 9.97 Å². The van der Waals surface area contributed by atoms with Gasteiger partial charge in [-0.05, 0) is 19.8 Å². The molecule has 0 atom stereocenters. The third kappa shape index (κ3) is 2.15. The molecule has 0 aromatic carbocycles. The molecule has 1 aromatic rings. The second-order valence-corrected chi connectivity index (χ2v) is 4.68. The standard InChI is InChI=1S/C10H15ClN4/c1-10(4-2-3-5-10)15-9-7(12)8(11)13-6-14-9/h6H,2-5,12H2,1H3,(H,13,14,15). The fourth-order valence-electron chi connectivity index (χ4n) is 2.04. The lowest BCUT2D eigenvalue weighted by Crippen LogP contribution is -2.31. The van der Waals surface area contributed by atoms with E-state index in [9.17, 15) is 0 Å². The quantitative estimate of drug-likeness (QED) is 0.761. The number of aromatic nitrogens is 2. The molecule has 0 bridgehead atoms. The molecular formula is C10H15ClN4. The van der Waals surface area contributed by atoms with Crippen LogP contribution in [0.25, 0.3) is 0 Å². The summed E-state index contributed by atoms with van der Waals surface area (Å²) >= 11 is 5.83. The van der Waals surface area contributed by atoms with Crippen molar-refractivity contribution in [3.8, 4) is 0 Å². The fourth-order valence-corrected chi connectivity index (χ4v) is 2.17. The zero-order valence-electron chi connectivity index (χ0n) is 8.76. The Morgan fingerprint density at radius 1 is 1.40 bits per heavy atom. The van der Waals surface area contributed by atoms with Crippen molar-refractivity contribution >= 4 is 23.1 Å². The normalized spacial score (nSPS) is 19.1. The summed E-state index contributed by atoms with van der Waals surface area (Å²) in [6.07, 6.45) is 6.23. The summed E-state index contributed by atoms with van der Waals surface area (Å²) in [5.41, 5.74) is 6.34. The van der Waals surface area contributed by atoms with Crippen LogP contribution in [-0.4, -0.2) is 15.5 Å². The Morgan fingerprint density at radius 3 is 2.73 bits per heavy atom. The van der Waals surface area contributed by atoms with Crippen LogP contribution < -0.4 is 11.1 Å².